The number of rotatable bonds is 0. The number of carbonyl (C=O) groups excluding carboxylic acids is 1. The highest BCUT2D eigenvalue weighted by Gasteiger charge is 2.47. The van der Waals surface area contributed by atoms with Crippen molar-refractivity contribution in [1.82, 2.24) is 4.90 Å². The highest BCUT2D eigenvalue weighted by atomic mass is 16.4. The van der Waals surface area contributed by atoms with Gasteiger partial charge in [0, 0.05) is 24.9 Å². The maximum atomic E-state index is 11.3. The summed E-state index contributed by atoms with van der Waals surface area (Å²) < 4.78 is 0. The number of hydrogen-bond acceptors (Lipinski definition) is 2. The van der Waals surface area contributed by atoms with Crippen LogP contribution in [-0.2, 0) is 4.79 Å². The lowest BCUT2D eigenvalue weighted by molar-refractivity contribution is -0.141. The Labute approximate surface area is 76.5 Å². The maximum absolute atomic E-state index is 11.3. The number of carbonyl (C=O) groups is 2. The Kier molecular flexibility index (Phi) is 1.78. The molecule has 4 heteroatoms. The smallest absolute Gasteiger partial charge is 0.407 e. The van der Waals surface area contributed by atoms with E-state index in [9.17, 15) is 9.59 Å². The van der Waals surface area contributed by atoms with Crippen LogP contribution in [-0.4, -0.2) is 35.0 Å². The summed E-state index contributed by atoms with van der Waals surface area (Å²) in [6.45, 7) is 1.06. The molecule has 13 heavy (non-hydrogen) atoms. The minimum atomic E-state index is -0.860. The van der Waals surface area contributed by atoms with Gasteiger partial charge in [-0.3, -0.25) is 4.79 Å². The summed E-state index contributed by atoms with van der Waals surface area (Å²) >= 11 is 0. The Morgan fingerprint density at radius 1 is 1.31 bits per heavy atom. The van der Waals surface area contributed by atoms with Crippen molar-refractivity contribution in [2.45, 2.75) is 25.7 Å². The highest BCUT2D eigenvalue weighted by Crippen LogP contribution is 2.45. The van der Waals surface area contributed by atoms with Gasteiger partial charge >= 0.3 is 6.09 Å². The molecule has 4 nitrogen and oxygen atoms in total. The zero-order valence-corrected chi connectivity index (χ0v) is 7.45. The van der Waals surface area contributed by atoms with E-state index in [4.69, 9.17) is 5.11 Å². The van der Waals surface area contributed by atoms with Gasteiger partial charge in [-0.1, -0.05) is 0 Å². The molecule has 1 N–H and O–H groups in total. The Hall–Kier alpha value is -1.06. The van der Waals surface area contributed by atoms with Gasteiger partial charge in [-0.05, 0) is 19.3 Å². The van der Waals surface area contributed by atoms with Gasteiger partial charge in [0.25, 0.3) is 0 Å². The van der Waals surface area contributed by atoms with Gasteiger partial charge in [0.05, 0.1) is 0 Å². The van der Waals surface area contributed by atoms with E-state index < -0.39 is 6.09 Å². The molecule has 1 amide bonds. The molecule has 72 valence electrons. The summed E-state index contributed by atoms with van der Waals surface area (Å²) in [7, 11) is 0. The molecule has 0 atom stereocenters. The van der Waals surface area contributed by atoms with E-state index in [0.29, 0.717) is 25.3 Å². The lowest BCUT2D eigenvalue weighted by Gasteiger charge is -2.45. The van der Waals surface area contributed by atoms with Gasteiger partial charge in [-0.15, -0.1) is 0 Å². The second-order valence-corrected chi connectivity index (χ2v) is 3.97. The number of Topliss-reactive ketones (excluding diaryl/α,β-unsaturated/α-hetero) is 1. The third kappa shape index (κ3) is 1.20. The summed E-state index contributed by atoms with van der Waals surface area (Å²) in [5, 5.41) is 8.71. The fourth-order valence-electron chi connectivity index (χ4n) is 2.24. The second kappa shape index (κ2) is 2.72. The number of likely N-dealkylation sites (tertiary alicyclic amines) is 1. The van der Waals surface area contributed by atoms with Gasteiger partial charge in [-0.25, -0.2) is 4.79 Å². The van der Waals surface area contributed by atoms with E-state index in [1.54, 1.807) is 0 Å². The normalized spacial score (nSPS) is 25.8. The number of piperidine rings is 1. The van der Waals surface area contributed by atoms with E-state index in [0.717, 1.165) is 19.3 Å². The van der Waals surface area contributed by atoms with Crippen LogP contribution >= 0.6 is 0 Å². The lowest BCUT2D eigenvalue weighted by Crippen LogP contribution is -2.50. The molecule has 1 aliphatic heterocycles. The first-order valence-electron chi connectivity index (χ1n) is 4.65. The summed E-state index contributed by atoms with van der Waals surface area (Å²) in [5.74, 6) is 0.345. The van der Waals surface area contributed by atoms with Crippen molar-refractivity contribution in [2.75, 3.05) is 13.1 Å². The first kappa shape index (κ1) is 8.53. The quantitative estimate of drug-likeness (QED) is 0.612. The van der Waals surface area contributed by atoms with E-state index in [-0.39, 0.29) is 5.41 Å². The molecule has 1 spiro atoms. The van der Waals surface area contributed by atoms with Crippen molar-refractivity contribution in [3.63, 3.8) is 0 Å². The van der Waals surface area contributed by atoms with E-state index in [2.05, 4.69) is 0 Å². The zero-order chi connectivity index (χ0) is 9.47. The Balaban J connectivity index is 1.96. The van der Waals surface area contributed by atoms with Crippen LogP contribution < -0.4 is 0 Å². The van der Waals surface area contributed by atoms with Gasteiger partial charge in [0.15, 0.2) is 0 Å². The van der Waals surface area contributed by atoms with Crippen LogP contribution in [0.15, 0.2) is 0 Å². The van der Waals surface area contributed by atoms with Gasteiger partial charge in [-0.2, -0.15) is 0 Å². The lowest BCUT2D eigenvalue weighted by atomic mass is 9.62. The molecule has 0 aromatic carbocycles. The van der Waals surface area contributed by atoms with Gasteiger partial charge in [0.2, 0.25) is 0 Å². The van der Waals surface area contributed by atoms with Gasteiger partial charge < -0.3 is 10.0 Å². The maximum Gasteiger partial charge on any atom is 0.407 e. The SMILES string of the molecule is O=C(O)N1CCC2(CCC2=O)CC1. The highest BCUT2D eigenvalue weighted by molar-refractivity contribution is 5.90. The molecule has 0 aromatic rings. The van der Waals surface area contributed by atoms with Crippen LogP contribution in [0.25, 0.3) is 0 Å². The van der Waals surface area contributed by atoms with Crippen molar-refractivity contribution >= 4 is 11.9 Å². The molecule has 2 aliphatic rings. The molecule has 2 rings (SSSR count). The molecule has 0 aromatic heterocycles. The second-order valence-electron chi connectivity index (χ2n) is 3.97. The topological polar surface area (TPSA) is 57.6 Å². The number of nitrogens with zero attached hydrogens (tertiary/aromatic N) is 1. The standard InChI is InChI=1S/C9H13NO3/c11-7-1-2-9(7)3-5-10(6-4-9)8(12)13/h1-6H2,(H,12,13). The van der Waals surface area contributed by atoms with Gasteiger partial charge in [0.1, 0.15) is 5.78 Å². The van der Waals surface area contributed by atoms with Crippen molar-refractivity contribution in [2.24, 2.45) is 5.41 Å². The summed E-state index contributed by atoms with van der Waals surface area (Å²) in [6.07, 6.45) is 2.28. The number of carboxylic acid groups (broad SMARTS) is 1. The Morgan fingerprint density at radius 2 is 1.92 bits per heavy atom. The average molecular weight is 183 g/mol. The Morgan fingerprint density at radius 3 is 2.23 bits per heavy atom. The molecule has 1 saturated carbocycles. The van der Waals surface area contributed by atoms with Crippen LogP contribution in [0.1, 0.15) is 25.7 Å². The predicted molar refractivity (Wildman–Crippen MR) is 45.5 cm³/mol. The Bertz CT molecular complexity index is 254. The van der Waals surface area contributed by atoms with Crippen LogP contribution in [0.4, 0.5) is 4.79 Å². The summed E-state index contributed by atoms with van der Waals surface area (Å²) in [4.78, 5) is 23.3. The predicted octanol–water partition coefficient (Wildman–Crippen LogP) is 1.11. The molecular formula is C9H13NO3. The van der Waals surface area contributed by atoms with Crippen LogP contribution in [0, 0.1) is 5.41 Å². The third-order valence-electron chi connectivity index (χ3n) is 3.41. The van der Waals surface area contributed by atoms with Crippen molar-refractivity contribution < 1.29 is 14.7 Å². The van der Waals surface area contributed by atoms with Crippen molar-refractivity contribution in [1.29, 1.82) is 0 Å². The first-order chi connectivity index (χ1) is 6.14. The van der Waals surface area contributed by atoms with Crippen LogP contribution in [0.3, 0.4) is 0 Å². The number of ketones is 1. The monoisotopic (exact) mass is 183 g/mol. The van der Waals surface area contributed by atoms with E-state index >= 15 is 0 Å². The van der Waals surface area contributed by atoms with Crippen molar-refractivity contribution in [3.05, 3.63) is 0 Å². The summed E-state index contributed by atoms with van der Waals surface area (Å²) in [6, 6.07) is 0. The minimum Gasteiger partial charge on any atom is -0.465 e. The molecule has 0 bridgehead atoms. The van der Waals surface area contributed by atoms with Crippen LogP contribution in [0.5, 0.6) is 0 Å². The fourth-order valence-corrected chi connectivity index (χ4v) is 2.24. The zero-order valence-electron chi connectivity index (χ0n) is 7.45. The summed E-state index contributed by atoms with van der Waals surface area (Å²) in [5.41, 5.74) is -0.119. The third-order valence-corrected chi connectivity index (χ3v) is 3.41. The van der Waals surface area contributed by atoms with Crippen LogP contribution in [0.2, 0.25) is 0 Å². The largest absolute Gasteiger partial charge is 0.465 e. The number of hydrogen-bond donors (Lipinski definition) is 1. The number of amides is 1. The molecule has 2 fully saturated rings. The average Bonchev–Trinajstić information content (AvgIpc) is 2.15. The van der Waals surface area contributed by atoms with E-state index in [1.807, 2.05) is 0 Å². The molecule has 1 aliphatic carbocycles. The van der Waals surface area contributed by atoms with Crippen molar-refractivity contribution in [3.8, 4) is 0 Å². The molecular weight excluding hydrogens is 170 g/mol. The van der Waals surface area contributed by atoms with E-state index in [1.165, 1.54) is 4.90 Å². The molecule has 0 unspecified atom stereocenters. The minimum absolute atomic E-state index is 0.119. The fraction of sp³-hybridized carbons (Fsp3) is 0.778. The molecule has 0 radical (unpaired) electrons. The molecule has 1 saturated heterocycles. The molecule has 1 heterocycles. The first-order valence-corrected chi connectivity index (χ1v) is 4.65.